The van der Waals surface area contributed by atoms with Crippen LogP contribution in [0.5, 0.6) is 0 Å². The minimum Gasteiger partial charge on any atom is -0.383 e. The molecule has 0 saturated heterocycles. The number of nitrogens with one attached hydrogen (secondary N) is 1. The van der Waals surface area contributed by atoms with Crippen LogP contribution in [-0.2, 0) is 9.53 Å². The summed E-state index contributed by atoms with van der Waals surface area (Å²) in [5.74, 6) is -0.369. The molecule has 0 saturated carbocycles. The molecular formula is C15H16ClN3O4. The first-order valence-electron chi connectivity index (χ1n) is 6.84. The van der Waals surface area contributed by atoms with Gasteiger partial charge in [0.15, 0.2) is 5.82 Å². The minimum atomic E-state index is -0.377. The number of hydrogen-bond acceptors (Lipinski definition) is 5. The van der Waals surface area contributed by atoms with E-state index in [1.54, 1.807) is 24.3 Å². The lowest BCUT2D eigenvalue weighted by Crippen LogP contribution is -2.40. The molecule has 23 heavy (non-hydrogen) atoms. The fraction of sp³-hybridized carbons (Fsp3) is 0.267. The zero-order valence-electron chi connectivity index (χ0n) is 12.5. The molecular weight excluding hydrogens is 322 g/mol. The van der Waals surface area contributed by atoms with Crippen molar-refractivity contribution in [1.82, 2.24) is 10.1 Å². The largest absolute Gasteiger partial charge is 0.383 e. The minimum absolute atomic E-state index is 0.127. The number of anilines is 1. The van der Waals surface area contributed by atoms with E-state index in [2.05, 4.69) is 15.0 Å². The second-order valence-corrected chi connectivity index (χ2v) is 5.10. The molecule has 122 valence electrons. The number of halogens is 1. The van der Waals surface area contributed by atoms with E-state index in [1.807, 2.05) is 0 Å². The van der Waals surface area contributed by atoms with Crippen molar-refractivity contribution in [3.63, 3.8) is 0 Å². The first-order valence-corrected chi connectivity index (χ1v) is 7.22. The number of methoxy groups -OCH3 is 1. The van der Waals surface area contributed by atoms with Crippen molar-refractivity contribution in [2.24, 2.45) is 0 Å². The molecule has 8 heteroatoms. The average molecular weight is 338 g/mol. The van der Waals surface area contributed by atoms with Crippen LogP contribution in [0.1, 0.15) is 10.4 Å². The molecule has 2 amide bonds. The van der Waals surface area contributed by atoms with Gasteiger partial charge in [0.2, 0.25) is 5.91 Å². The van der Waals surface area contributed by atoms with Crippen molar-refractivity contribution < 1.29 is 18.8 Å². The van der Waals surface area contributed by atoms with Gasteiger partial charge in [0.05, 0.1) is 6.61 Å². The number of carbonyl (C=O) groups is 2. The molecule has 0 aliphatic rings. The lowest BCUT2D eigenvalue weighted by molar-refractivity contribution is -0.117. The van der Waals surface area contributed by atoms with E-state index in [1.165, 1.54) is 24.3 Å². The molecule has 0 aliphatic carbocycles. The fourth-order valence-electron chi connectivity index (χ4n) is 1.86. The van der Waals surface area contributed by atoms with Crippen LogP contribution in [-0.4, -0.2) is 48.7 Å². The Morgan fingerprint density at radius 3 is 2.65 bits per heavy atom. The maximum Gasteiger partial charge on any atom is 0.254 e. The van der Waals surface area contributed by atoms with Crippen LogP contribution in [0.2, 0.25) is 5.02 Å². The molecule has 0 fully saturated rings. The zero-order chi connectivity index (χ0) is 16.7. The van der Waals surface area contributed by atoms with Crippen LogP contribution in [0.3, 0.4) is 0 Å². The molecule has 1 N–H and O–H groups in total. The SMILES string of the molecule is COCCN(CC(=O)Nc1ccon1)C(=O)c1ccc(Cl)cc1. The van der Waals surface area contributed by atoms with Crippen molar-refractivity contribution in [2.45, 2.75) is 0 Å². The number of benzene rings is 1. The van der Waals surface area contributed by atoms with E-state index >= 15 is 0 Å². The van der Waals surface area contributed by atoms with Gasteiger partial charge in [0.25, 0.3) is 5.91 Å². The van der Waals surface area contributed by atoms with E-state index in [-0.39, 0.29) is 24.9 Å². The summed E-state index contributed by atoms with van der Waals surface area (Å²) in [6.45, 7) is 0.471. The molecule has 2 aromatic rings. The normalized spacial score (nSPS) is 10.3. The van der Waals surface area contributed by atoms with Crippen LogP contribution in [0.4, 0.5) is 5.82 Å². The second kappa shape index (κ2) is 8.30. The summed E-state index contributed by atoms with van der Waals surface area (Å²) in [6, 6.07) is 7.98. The van der Waals surface area contributed by atoms with Gasteiger partial charge in [0.1, 0.15) is 12.8 Å². The standard InChI is InChI=1S/C15H16ClN3O4/c1-22-9-7-19(10-14(20)17-13-6-8-23-18-13)15(21)11-2-4-12(16)5-3-11/h2-6,8H,7,9-10H2,1H3,(H,17,18,20). The summed E-state index contributed by atoms with van der Waals surface area (Å²) in [4.78, 5) is 25.9. The molecule has 0 aliphatic heterocycles. The third kappa shape index (κ3) is 5.08. The number of rotatable bonds is 7. The number of hydrogen-bond donors (Lipinski definition) is 1. The fourth-order valence-corrected chi connectivity index (χ4v) is 1.99. The molecule has 1 aromatic carbocycles. The van der Waals surface area contributed by atoms with Gasteiger partial charge in [-0.25, -0.2) is 0 Å². The molecule has 0 radical (unpaired) electrons. The smallest absolute Gasteiger partial charge is 0.254 e. The van der Waals surface area contributed by atoms with E-state index in [0.717, 1.165) is 0 Å². The van der Waals surface area contributed by atoms with Crippen molar-refractivity contribution in [3.8, 4) is 0 Å². The molecule has 0 spiro atoms. The van der Waals surface area contributed by atoms with Crippen molar-refractivity contribution >= 4 is 29.2 Å². The Morgan fingerprint density at radius 1 is 1.30 bits per heavy atom. The summed E-state index contributed by atoms with van der Waals surface area (Å²) in [5.41, 5.74) is 0.444. The molecule has 0 atom stereocenters. The van der Waals surface area contributed by atoms with Gasteiger partial charge in [-0.1, -0.05) is 16.8 Å². The topological polar surface area (TPSA) is 84.7 Å². The van der Waals surface area contributed by atoms with Crippen molar-refractivity contribution in [1.29, 1.82) is 0 Å². The van der Waals surface area contributed by atoms with Gasteiger partial charge < -0.3 is 19.5 Å². The molecule has 1 heterocycles. The van der Waals surface area contributed by atoms with Gasteiger partial charge in [-0.15, -0.1) is 0 Å². The quantitative estimate of drug-likeness (QED) is 0.836. The van der Waals surface area contributed by atoms with E-state index in [9.17, 15) is 9.59 Å². The third-order valence-corrected chi connectivity index (χ3v) is 3.24. The van der Waals surface area contributed by atoms with Gasteiger partial charge >= 0.3 is 0 Å². The molecule has 2 rings (SSSR count). The summed E-state index contributed by atoms with van der Waals surface area (Å²) in [6.07, 6.45) is 1.34. The highest BCUT2D eigenvalue weighted by molar-refractivity contribution is 6.30. The lowest BCUT2D eigenvalue weighted by atomic mass is 10.2. The predicted octanol–water partition coefficient (Wildman–Crippen LogP) is 2.06. The number of aromatic nitrogens is 1. The Balaban J connectivity index is 2.04. The number of carbonyl (C=O) groups excluding carboxylic acids is 2. The molecule has 7 nitrogen and oxygen atoms in total. The van der Waals surface area contributed by atoms with Gasteiger partial charge in [-0.2, -0.15) is 0 Å². The van der Waals surface area contributed by atoms with Gasteiger partial charge in [-0.05, 0) is 24.3 Å². The van der Waals surface area contributed by atoms with Crippen LogP contribution in [0.15, 0.2) is 41.1 Å². The first kappa shape index (κ1) is 17.0. The van der Waals surface area contributed by atoms with Crippen molar-refractivity contribution in [2.75, 3.05) is 32.1 Å². The van der Waals surface area contributed by atoms with Crippen LogP contribution in [0.25, 0.3) is 0 Å². The van der Waals surface area contributed by atoms with Crippen LogP contribution >= 0.6 is 11.6 Å². The Kier molecular flexibility index (Phi) is 6.13. The summed E-state index contributed by atoms with van der Waals surface area (Å²) < 4.78 is 9.63. The maximum atomic E-state index is 12.5. The zero-order valence-corrected chi connectivity index (χ0v) is 13.2. The van der Waals surface area contributed by atoms with Crippen molar-refractivity contribution in [3.05, 3.63) is 47.2 Å². The van der Waals surface area contributed by atoms with E-state index in [4.69, 9.17) is 16.3 Å². The van der Waals surface area contributed by atoms with Crippen LogP contribution in [0, 0.1) is 0 Å². The Bertz CT molecular complexity index is 643. The average Bonchev–Trinajstić information content (AvgIpc) is 3.04. The van der Waals surface area contributed by atoms with Crippen LogP contribution < -0.4 is 5.32 Å². The Labute approximate surface area is 138 Å². The Morgan fingerprint density at radius 2 is 2.04 bits per heavy atom. The number of amides is 2. The van der Waals surface area contributed by atoms with Gasteiger partial charge in [-0.3, -0.25) is 9.59 Å². The summed E-state index contributed by atoms with van der Waals surface area (Å²) in [7, 11) is 1.53. The highest BCUT2D eigenvalue weighted by Crippen LogP contribution is 2.12. The van der Waals surface area contributed by atoms with E-state index < -0.39 is 0 Å². The monoisotopic (exact) mass is 337 g/mol. The summed E-state index contributed by atoms with van der Waals surface area (Å²) >= 11 is 5.82. The molecule has 1 aromatic heterocycles. The molecule has 0 unspecified atom stereocenters. The highest BCUT2D eigenvalue weighted by atomic mass is 35.5. The van der Waals surface area contributed by atoms with E-state index in [0.29, 0.717) is 23.0 Å². The second-order valence-electron chi connectivity index (χ2n) is 4.66. The highest BCUT2D eigenvalue weighted by Gasteiger charge is 2.19. The lowest BCUT2D eigenvalue weighted by Gasteiger charge is -2.21. The Hall–Kier alpha value is -2.38. The third-order valence-electron chi connectivity index (χ3n) is 2.98. The number of nitrogens with zero attached hydrogens (tertiary/aromatic N) is 2. The number of ether oxygens (including phenoxy) is 1. The first-order chi connectivity index (χ1) is 11.1. The predicted molar refractivity (Wildman–Crippen MR) is 84.4 cm³/mol. The van der Waals surface area contributed by atoms with Gasteiger partial charge in [0, 0.05) is 30.3 Å². The molecule has 0 bridgehead atoms. The maximum absolute atomic E-state index is 12.5. The summed E-state index contributed by atoms with van der Waals surface area (Å²) in [5, 5.41) is 6.67.